The Balaban J connectivity index is 0.00000110. The monoisotopic (exact) mass is 268 g/mol. The predicted octanol–water partition coefficient (Wildman–Crippen LogP) is 0.303. The van der Waals surface area contributed by atoms with Crippen LogP contribution in [0, 0.1) is 0 Å². The average molecular weight is 269 g/mol. The lowest BCUT2D eigenvalue weighted by atomic mass is 10.1. The number of halogens is 1. The van der Waals surface area contributed by atoms with Gasteiger partial charge in [0.1, 0.15) is 7.05 Å². The van der Waals surface area contributed by atoms with Gasteiger partial charge in [-0.2, -0.15) is 0 Å². The molecule has 0 fully saturated rings. The summed E-state index contributed by atoms with van der Waals surface area (Å²) in [5.41, 5.74) is 3.67. The molecule has 0 spiro atoms. The van der Waals surface area contributed by atoms with E-state index in [2.05, 4.69) is 71.3 Å². The lowest BCUT2D eigenvalue weighted by Crippen LogP contribution is -3.00. The van der Waals surface area contributed by atoms with E-state index in [0.717, 1.165) is 0 Å². The van der Waals surface area contributed by atoms with Gasteiger partial charge in [0.15, 0.2) is 6.20 Å². The van der Waals surface area contributed by atoms with Gasteiger partial charge in [0, 0.05) is 17.0 Å². The Kier molecular flexibility index (Phi) is 2.68. The molecule has 0 aliphatic rings. The van der Waals surface area contributed by atoms with E-state index in [-0.39, 0.29) is 12.4 Å². The molecule has 0 saturated heterocycles. The fourth-order valence-corrected chi connectivity index (χ4v) is 2.77. The first-order valence-electron chi connectivity index (χ1n) is 6.12. The molecule has 19 heavy (non-hydrogen) atoms. The van der Waals surface area contributed by atoms with E-state index in [1.807, 2.05) is 0 Å². The van der Waals surface area contributed by atoms with Crippen molar-refractivity contribution in [3.8, 4) is 0 Å². The minimum Gasteiger partial charge on any atom is -1.00 e. The van der Waals surface area contributed by atoms with Crippen LogP contribution in [0.4, 0.5) is 0 Å². The highest BCUT2D eigenvalue weighted by atomic mass is 35.5. The van der Waals surface area contributed by atoms with Crippen molar-refractivity contribution in [3.63, 3.8) is 0 Å². The number of hydrogen-bond donors (Lipinski definition) is 1. The number of para-hydroxylation sites is 2. The molecule has 3 heteroatoms. The molecule has 0 saturated carbocycles. The van der Waals surface area contributed by atoms with Crippen LogP contribution in [0.2, 0.25) is 0 Å². The number of aryl methyl sites for hydroxylation is 1. The molecule has 0 unspecified atom stereocenters. The van der Waals surface area contributed by atoms with Crippen LogP contribution < -0.4 is 17.0 Å². The van der Waals surface area contributed by atoms with Gasteiger partial charge in [0.25, 0.3) is 0 Å². The second kappa shape index (κ2) is 4.25. The maximum atomic E-state index is 3.53. The molecule has 0 atom stereocenters. The van der Waals surface area contributed by atoms with Crippen LogP contribution in [-0.2, 0) is 7.05 Å². The first-order chi connectivity index (χ1) is 8.84. The van der Waals surface area contributed by atoms with Crippen molar-refractivity contribution >= 4 is 32.7 Å². The van der Waals surface area contributed by atoms with Crippen molar-refractivity contribution in [2.75, 3.05) is 0 Å². The molecule has 4 aromatic rings. The van der Waals surface area contributed by atoms with Crippen molar-refractivity contribution in [2.45, 2.75) is 0 Å². The van der Waals surface area contributed by atoms with Crippen LogP contribution in [0.25, 0.3) is 32.7 Å². The van der Waals surface area contributed by atoms with Gasteiger partial charge in [0.2, 0.25) is 5.52 Å². The maximum Gasteiger partial charge on any atom is 0.214 e. The summed E-state index contributed by atoms with van der Waals surface area (Å²) in [6.07, 6.45) is 2.20. The SMILES string of the molecule is C[n+]1cc2c3ccccc3[nH]c2c2ccccc21.[Cl-]. The highest BCUT2D eigenvalue weighted by Crippen LogP contribution is 2.28. The predicted molar refractivity (Wildman–Crippen MR) is 74.5 cm³/mol. The molecule has 1 N–H and O–H groups in total. The summed E-state index contributed by atoms with van der Waals surface area (Å²) < 4.78 is 2.19. The van der Waals surface area contributed by atoms with E-state index >= 15 is 0 Å². The van der Waals surface area contributed by atoms with Crippen molar-refractivity contribution in [3.05, 3.63) is 54.7 Å². The molecular formula is C16H13ClN2. The number of rotatable bonds is 0. The largest absolute Gasteiger partial charge is 1.00 e. The lowest BCUT2D eigenvalue weighted by molar-refractivity contribution is -0.643. The van der Waals surface area contributed by atoms with E-state index in [1.165, 1.54) is 32.7 Å². The summed E-state index contributed by atoms with van der Waals surface area (Å²) in [4.78, 5) is 3.53. The molecular weight excluding hydrogens is 256 g/mol. The van der Waals surface area contributed by atoms with Crippen molar-refractivity contribution in [1.82, 2.24) is 4.98 Å². The Morgan fingerprint density at radius 2 is 1.53 bits per heavy atom. The first-order valence-corrected chi connectivity index (χ1v) is 6.12. The second-order valence-electron chi connectivity index (χ2n) is 4.72. The number of benzene rings is 2. The van der Waals surface area contributed by atoms with Gasteiger partial charge in [0.05, 0.1) is 16.3 Å². The van der Waals surface area contributed by atoms with E-state index in [1.54, 1.807) is 0 Å². The molecule has 2 heterocycles. The Morgan fingerprint density at radius 3 is 2.37 bits per heavy atom. The third-order valence-electron chi connectivity index (χ3n) is 3.62. The molecule has 0 amide bonds. The number of aromatic amines is 1. The molecule has 2 aromatic heterocycles. The van der Waals surface area contributed by atoms with E-state index in [9.17, 15) is 0 Å². The number of aromatic nitrogens is 2. The summed E-state index contributed by atoms with van der Waals surface area (Å²) in [5.74, 6) is 0. The summed E-state index contributed by atoms with van der Waals surface area (Å²) >= 11 is 0. The van der Waals surface area contributed by atoms with E-state index in [0.29, 0.717) is 0 Å². The number of fused-ring (bicyclic) bond motifs is 5. The summed E-state index contributed by atoms with van der Waals surface area (Å²) in [7, 11) is 2.10. The quantitative estimate of drug-likeness (QED) is 0.443. The van der Waals surface area contributed by atoms with Crippen LogP contribution in [0.15, 0.2) is 54.7 Å². The van der Waals surface area contributed by atoms with Crippen molar-refractivity contribution < 1.29 is 17.0 Å². The van der Waals surface area contributed by atoms with Crippen molar-refractivity contribution in [2.24, 2.45) is 7.05 Å². The fraction of sp³-hybridized carbons (Fsp3) is 0.0625. The summed E-state index contributed by atoms with van der Waals surface area (Å²) in [6, 6.07) is 17.0. The van der Waals surface area contributed by atoms with E-state index < -0.39 is 0 Å². The minimum absolute atomic E-state index is 0. The van der Waals surface area contributed by atoms with Gasteiger partial charge >= 0.3 is 0 Å². The van der Waals surface area contributed by atoms with Crippen LogP contribution in [-0.4, -0.2) is 4.98 Å². The molecule has 0 radical (unpaired) electrons. The Bertz CT molecular complexity index is 893. The van der Waals surface area contributed by atoms with Crippen LogP contribution in [0.1, 0.15) is 0 Å². The molecule has 0 bridgehead atoms. The zero-order valence-corrected chi connectivity index (χ0v) is 11.3. The first kappa shape index (κ1) is 12.0. The number of nitrogens with one attached hydrogen (secondary N) is 1. The maximum absolute atomic E-state index is 3.53. The lowest BCUT2D eigenvalue weighted by Gasteiger charge is -1.98. The summed E-state index contributed by atoms with van der Waals surface area (Å²) in [6.45, 7) is 0. The van der Waals surface area contributed by atoms with Gasteiger partial charge in [-0.15, -0.1) is 0 Å². The number of H-pyrrole nitrogens is 1. The normalized spacial score (nSPS) is 11.0. The minimum atomic E-state index is 0. The number of hydrogen-bond acceptors (Lipinski definition) is 0. The zero-order valence-electron chi connectivity index (χ0n) is 10.5. The highest BCUT2D eigenvalue weighted by molar-refractivity contribution is 6.14. The molecule has 2 nitrogen and oxygen atoms in total. The topological polar surface area (TPSA) is 19.7 Å². The third kappa shape index (κ3) is 1.60. The Morgan fingerprint density at radius 1 is 0.842 bits per heavy atom. The van der Waals surface area contributed by atoms with Gasteiger partial charge in [-0.05, 0) is 12.1 Å². The molecule has 94 valence electrons. The molecule has 0 aliphatic heterocycles. The van der Waals surface area contributed by atoms with Crippen molar-refractivity contribution in [1.29, 1.82) is 0 Å². The van der Waals surface area contributed by atoms with E-state index in [4.69, 9.17) is 0 Å². The Hall–Kier alpha value is -2.06. The smallest absolute Gasteiger partial charge is 0.214 e. The second-order valence-corrected chi connectivity index (χ2v) is 4.72. The molecule has 4 rings (SSSR count). The average Bonchev–Trinajstić information content (AvgIpc) is 2.78. The molecule has 0 aliphatic carbocycles. The zero-order chi connectivity index (χ0) is 12.1. The standard InChI is InChI=1S/C16H12N2.ClH/c1-18-10-13-11-6-2-4-8-14(11)17-16(13)12-7-3-5-9-15(12)18;/h2-10H,1H3;1H. The number of nitrogens with zero attached hydrogens (tertiary/aromatic N) is 1. The van der Waals surface area contributed by atoms with Crippen LogP contribution >= 0.6 is 0 Å². The fourth-order valence-electron chi connectivity index (χ4n) is 2.77. The Labute approximate surface area is 117 Å². The highest BCUT2D eigenvalue weighted by Gasteiger charge is 2.13. The third-order valence-corrected chi connectivity index (χ3v) is 3.62. The van der Waals surface area contributed by atoms with Gasteiger partial charge < -0.3 is 17.4 Å². The molecule has 2 aromatic carbocycles. The van der Waals surface area contributed by atoms with Gasteiger partial charge in [-0.1, -0.05) is 30.3 Å². The van der Waals surface area contributed by atoms with Crippen LogP contribution in [0.3, 0.4) is 0 Å². The number of pyridine rings is 1. The van der Waals surface area contributed by atoms with Crippen LogP contribution in [0.5, 0.6) is 0 Å². The van der Waals surface area contributed by atoms with Gasteiger partial charge in [-0.3, -0.25) is 0 Å². The van der Waals surface area contributed by atoms with Gasteiger partial charge in [-0.25, -0.2) is 4.57 Å². The summed E-state index contributed by atoms with van der Waals surface area (Å²) in [5, 5.41) is 3.84.